The summed E-state index contributed by atoms with van der Waals surface area (Å²) in [5, 5.41) is 3.58. The van der Waals surface area contributed by atoms with E-state index < -0.39 is 0 Å². The van der Waals surface area contributed by atoms with Crippen LogP contribution >= 0.6 is 0 Å². The summed E-state index contributed by atoms with van der Waals surface area (Å²) in [5.41, 5.74) is 0.283. The Kier molecular flexibility index (Phi) is 6.28. The number of methoxy groups -OCH3 is 1. The topological polar surface area (TPSA) is 33.7 Å². The summed E-state index contributed by atoms with van der Waals surface area (Å²) in [7, 11) is 1.70. The van der Waals surface area contributed by atoms with E-state index in [-0.39, 0.29) is 5.54 Å². The van der Waals surface area contributed by atoms with Gasteiger partial charge in [-0.2, -0.15) is 0 Å². The third-order valence-electron chi connectivity index (χ3n) is 3.32. The maximum Gasteiger partial charge on any atom is 0.0700 e. The van der Waals surface area contributed by atoms with Crippen LogP contribution < -0.4 is 5.32 Å². The fraction of sp³-hybridized carbons (Fsp3) is 1.00. The second-order valence-corrected chi connectivity index (χ2v) is 4.72. The molecule has 16 heavy (non-hydrogen) atoms. The Morgan fingerprint density at radius 3 is 2.81 bits per heavy atom. The van der Waals surface area contributed by atoms with Gasteiger partial charge in [0, 0.05) is 38.8 Å². The van der Waals surface area contributed by atoms with Crippen molar-refractivity contribution >= 4 is 0 Å². The Hall–Kier alpha value is -0.160. The van der Waals surface area contributed by atoms with E-state index in [9.17, 15) is 0 Å². The Morgan fingerprint density at radius 1 is 1.31 bits per heavy atom. The zero-order valence-electron chi connectivity index (χ0n) is 10.9. The van der Waals surface area contributed by atoms with E-state index in [1.807, 2.05) is 0 Å². The first kappa shape index (κ1) is 13.9. The molecule has 96 valence electrons. The Balaban J connectivity index is 2.12. The Morgan fingerprint density at radius 2 is 2.12 bits per heavy atom. The monoisotopic (exact) mass is 230 g/mol. The minimum absolute atomic E-state index is 0.283. The number of rotatable bonds is 7. The molecule has 1 fully saturated rings. The van der Waals surface area contributed by atoms with Crippen LogP contribution in [0, 0.1) is 0 Å². The summed E-state index contributed by atoms with van der Waals surface area (Å²) >= 11 is 0. The lowest BCUT2D eigenvalue weighted by molar-refractivity contribution is 0.0455. The van der Waals surface area contributed by atoms with Crippen molar-refractivity contribution in [3.05, 3.63) is 0 Å². The molecule has 0 saturated carbocycles. The van der Waals surface area contributed by atoms with Crippen LogP contribution in [-0.4, -0.2) is 63.5 Å². The minimum Gasteiger partial charge on any atom is -0.382 e. The first-order chi connectivity index (χ1) is 7.70. The summed E-state index contributed by atoms with van der Waals surface area (Å²) in [6.45, 7) is 11.1. The Bertz CT molecular complexity index is 190. The van der Waals surface area contributed by atoms with Crippen LogP contribution in [0.3, 0.4) is 0 Å². The van der Waals surface area contributed by atoms with Gasteiger partial charge in [-0.15, -0.1) is 0 Å². The van der Waals surface area contributed by atoms with Crippen LogP contribution in [-0.2, 0) is 9.47 Å². The molecule has 0 aromatic carbocycles. The van der Waals surface area contributed by atoms with Crippen molar-refractivity contribution < 1.29 is 9.47 Å². The molecule has 1 aliphatic heterocycles. The van der Waals surface area contributed by atoms with Crippen LogP contribution in [0.2, 0.25) is 0 Å². The molecule has 1 atom stereocenters. The Labute approximate surface area is 99.3 Å². The van der Waals surface area contributed by atoms with Gasteiger partial charge in [0.2, 0.25) is 0 Å². The summed E-state index contributed by atoms with van der Waals surface area (Å²) in [6, 6.07) is 0. The number of ether oxygens (including phenoxy) is 2. The van der Waals surface area contributed by atoms with E-state index in [0.29, 0.717) is 13.2 Å². The molecule has 0 aliphatic carbocycles. The van der Waals surface area contributed by atoms with Crippen LogP contribution in [0.15, 0.2) is 0 Å². The van der Waals surface area contributed by atoms with Gasteiger partial charge in [-0.25, -0.2) is 0 Å². The molecule has 0 aromatic heterocycles. The number of hydrogen-bond acceptors (Lipinski definition) is 4. The van der Waals surface area contributed by atoms with E-state index in [1.165, 1.54) is 6.42 Å². The quantitative estimate of drug-likeness (QED) is 0.654. The molecule has 1 aliphatic rings. The molecule has 1 heterocycles. The van der Waals surface area contributed by atoms with Gasteiger partial charge in [0.25, 0.3) is 0 Å². The van der Waals surface area contributed by atoms with E-state index in [2.05, 4.69) is 24.1 Å². The normalized spacial score (nSPS) is 27.2. The fourth-order valence-electron chi connectivity index (χ4n) is 2.01. The van der Waals surface area contributed by atoms with Crippen molar-refractivity contribution in [2.45, 2.75) is 25.8 Å². The predicted molar refractivity (Wildman–Crippen MR) is 65.8 cm³/mol. The van der Waals surface area contributed by atoms with Crippen molar-refractivity contribution in [2.24, 2.45) is 0 Å². The number of nitrogens with zero attached hydrogens (tertiary/aromatic N) is 1. The molecule has 0 amide bonds. The lowest BCUT2D eigenvalue weighted by Crippen LogP contribution is -2.58. The molecule has 0 aromatic rings. The zero-order chi connectivity index (χ0) is 11.9. The van der Waals surface area contributed by atoms with E-state index in [4.69, 9.17) is 9.47 Å². The van der Waals surface area contributed by atoms with Crippen LogP contribution in [0.25, 0.3) is 0 Å². The highest BCUT2D eigenvalue weighted by Gasteiger charge is 2.28. The third kappa shape index (κ3) is 4.78. The first-order valence-corrected chi connectivity index (χ1v) is 6.24. The van der Waals surface area contributed by atoms with Crippen molar-refractivity contribution in [2.75, 3.05) is 53.1 Å². The molecule has 0 spiro atoms. The third-order valence-corrected chi connectivity index (χ3v) is 3.32. The molecule has 1 saturated heterocycles. The maximum absolute atomic E-state index is 5.49. The highest BCUT2D eigenvalue weighted by Crippen LogP contribution is 2.14. The summed E-state index contributed by atoms with van der Waals surface area (Å²) in [5.74, 6) is 0. The SMILES string of the molecule is CCC1(C)CN(CCOCCOC)CCN1. The fourth-order valence-corrected chi connectivity index (χ4v) is 2.01. The van der Waals surface area contributed by atoms with Gasteiger partial charge < -0.3 is 14.8 Å². The number of piperazine rings is 1. The van der Waals surface area contributed by atoms with Crippen molar-refractivity contribution in [3.8, 4) is 0 Å². The lowest BCUT2D eigenvalue weighted by atomic mass is 9.96. The predicted octanol–water partition coefficient (Wildman–Crippen LogP) is 0.723. The van der Waals surface area contributed by atoms with Crippen molar-refractivity contribution in [1.82, 2.24) is 10.2 Å². The smallest absolute Gasteiger partial charge is 0.0700 e. The average molecular weight is 230 g/mol. The second kappa shape index (κ2) is 7.22. The molecular formula is C12H26N2O2. The summed E-state index contributed by atoms with van der Waals surface area (Å²) < 4.78 is 10.4. The van der Waals surface area contributed by atoms with Gasteiger partial charge >= 0.3 is 0 Å². The molecule has 0 bridgehead atoms. The van der Waals surface area contributed by atoms with E-state index in [1.54, 1.807) is 7.11 Å². The van der Waals surface area contributed by atoms with Crippen LogP contribution in [0.4, 0.5) is 0 Å². The van der Waals surface area contributed by atoms with Crippen LogP contribution in [0.5, 0.6) is 0 Å². The van der Waals surface area contributed by atoms with Gasteiger partial charge in [-0.1, -0.05) is 6.92 Å². The van der Waals surface area contributed by atoms with Crippen molar-refractivity contribution in [1.29, 1.82) is 0 Å². The molecular weight excluding hydrogens is 204 g/mol. The zero-order valence-corrected chi connectivity index (χ0v) is 10.9. The second-order valence-electron chi connectivity index (χ2n) is 4.72. The van der Waals surface area contributed by atoms with E-state index >= 15 is 0 Å². The van der Waals surface area contributed by atoms with Crippen molar-refractivity contribution in [3.63, 3.8) is 0 Å². The molecule has 4 heteroatoms. The van der Waals surface area contributed by atoms with Gasteiger partial charge in [0.15, 0.2) is 0 Å². The lowest BCUT2D eigenvalue weighted by Gasteiger charge is -2.41. The van der Waals surface area contributed by atoms with Gasteiger partial charge in [0.1, 0.15) is 0 Å². The molecule has 0 radical (unpaired) electrons. The number of nitrogens with one attached hydrogen (secondary N) is 1. The van der Waals surface area contributed by atoms with E-state index in [0.717, 1.165) is 32.8 Å². The highest BCUT2D eigenvalue weighted by atomic mass is 16.5. The summed E-state index contributed by atoms with van der Waals surface area (Å²) in [4.78, 5) is 2.48. The molecule has 1 N–H and O–H groups in total. The number of hydrogen-bond donors (Lipinski definition) is 1. The van der Waals surface area contributed by atoms with Gasteiger partial charge in [-0.3, -0.25) is 4.90 Å². The highest BCUT2D eigenvalue weighted by molar-refractivity contribution is 4.89. The largest absolute Gasteiger partial charge is 0.382 e. The average Bonchev–Trinajstić information content (AvgIpc) is 2.29. The van der Waals surface area contributed by atoms with Gasteiger partial charge in [-0.05, 0) is 13.3 Å². The molecule has 1 rings (SSSR count). The van der Waals surface area contributed by atoms with Crippen LogP contribution in [0.1, 0.15) is 20.3 Å². The minimum atomic E-state index is 0.283. The molecule has 4 nitrogen and oxygen atoms in total. The summed E-state index contributed by atoms with van der Waals surface area (Å²) in [6.07, 6.45) is 1.17. The first-order valence-electron chi connectivity index (χ1n) is 6.24. The van der Waals surface area contributed by atoms with Gasteiger partial charge in [0.05, 0.1) is 19.8 Å². The maximum atomic E-state index is 5.49. The standard InChI is InChI=1S/C12H26N2O2/c1-4-12(2)11-14(6-5-13-12)7-8-16-10-9-15-3/h13H,4-11H2,1-3H3. The molecule has 1 unspecified atom stereocenters.